The molecule has 0 bridgehead atoms. The lowest BCUT2D eigenvalue weighted by Gasteiger charge is -2.26. The number of esters is 1. The second kappa shape index (κ2) is 4.06. The number of carboxylic acids is 1. The zero-order chi connectivity index (χ0) is 9.78. The van der Waals surface area contributed by atoms with E-state index in [9.17, 15) is 9.59 Å². The van der Waals surface area contributed by atoms with E-state index in [2.05, 4.69) is 4.74 Å². The topological polar surface area (TPSA) is 63.6 Å². The van der Waals surface area contributed by atoms with Gasteiger partial charge in [0.1, 0.15) is 0 Å². The molecular weight excluding hydrogens is 162 g/mol. The van der Waals surface area contributed by atoms with E-state index in [0.29, 0.717) is 0 Å². The summed E-state index contributed by atoms with van der Waals surface area (Å²) in [5.41, 5.74) is 0. The van der Waals surface area contributed by atoms with Gasteiger partial charge < -0.3 is 9.84 Å². The van der Waals surface area contributed by atoms with Crippen LogP contribution in [0, 0.1) is 0 Å². The number of likely N-dealkylation sites (N-methyl/N-ethyl adjacent to an activating group) is 1. The first kappa shape index (κ1) is 10.9. The maximum absolute atomic E-state index is 10.4. The van der Waals surface area contributed by atoms with E-state index in [1.807, 2.05) is 0 Å². The highest BCUT2D eigenvalue weighted by atomic mass is 16.5. The van der Waals surface area contributed by atoms with Crippen molar-refractivity contribution in [1.29, 1.82) is 0 Å². The first-order chi connectivity index (χ1) is 5.33. The number of nitrogens with zero attached hydrogens (tertiary/aromatic N) is 1. The van der Waals surface area contributed by atoms with Gasteiger partial charge >= 0.3 is 11.9 Å². The van der Waals surface area contributed by atoms with Gasteiger partial charge in [-0.2, -0.15) is 0 Å². The predicted octanol–water partition coefficient (Wildman–Crippen LogP) is -0.332. The van der Waals surface area contributed by atoms with Gasteiger partial charge in [0.15, 0.2) is 6.54 Å². The minimum Gasteiger partial charge on any atom is -0.477 e. The Balaban J connectivity index is 3.86. The van der Waals surface area contributed by atoms with Crippen LogP contribution in [0.5, 0.6) is 0 Å². The second-order valence-electron chi connectivity index (χ2n) is 3.25. The molecule has 0 heterocycles. The number of carbonyl (C=O) groups excluding carboxylic acids is 1. The standard InChI is InChI=1S/C7H13NO4/c1-6(9)12-5-8(2,3)4-7(10)11/h4-5H2,1-3H3/p+1. The average Bonchev–Trinajstić information content (AvgIpc) is 1.81. The van der Waals surface area contributed by atoms with Crippen molar-refractivity contribution >= 4 is 11.9 Å². The average molecular weight is 176 g/mol. The van der Waals surface area contributed by atoms with E-state index in [4.69, 9.17) is 5.11 Å². The number of carboxylic acid groups (broad SMARTS) is 1. The SMILES string of the molecule is CC(=O)OC[N+](C)(C)CC(=O)O. The van der Waals surface area contributed by atoms with Gasteiger partial charge in [-0.25, -0.2) is 4.79 Å². The fourth-order valence-electron chi connectivity index (χ4n) is 0.677. The molecule has 0 saturated heterocycles. The van der Waals surface area contributed by atoms with Crippen LogP contribution in [0.2, 0.25) is 0 Å². The van der Waals surface area contributed by atoms with Crippen LogP contribution in [-0.4, -0.2) is 48.9 Å². The van der Waals surface area contributed by atoms with Gasteiger partial charge in [-0.1, -0.05) is 0 Å². The number of rotatable bonds is 4. The fraction of sp³-hybridized carbons (Fsp3) is 0.714. The molecule has 0 aliphatic carbocycles. The Labute approximate surface area is 71.1 Å². The molecule has 0 spiro atoms. The van der Waals surface area contributed by atoms with Crippen molar-refractivity contribution in [2.45, 2.75) is 6.92 Å². The summed E-state index contributed by atoms with van der Waals surface area (Å²) in [5.74, 6) is -1.31. The number of hydrogen-bond acceptors (Lipinski definition) is 3. The molecule has 5 nitrogen and oxygen atoms in total. The molecule has 0 aliphatic rings. The van der Waals surface area contributed by atoms with E-state index in [1.54, 1.807) is 14.1 Å². The molecule has 0 atom stereocenters. The van der Waals surface area contributed by atoms with Crippen molar-refractivity contribution in [2.24, 2.45) is 0 Å². The Bertz CT molecular complexity index is 188. The lowest BCUT2D eigenvalue weighted by molar-refractivity contribution is -0.900. The maximum atomic E-state index is 10.4. The molecular formula is C7H14NO4+. The quantitative estimate of drug-likeness (QED) is 0.362. The molecule has 12 heavy (non-hydrogen) atoms. The molecule has 0 radical (unpaired) electrons. The summed E-state index contributed by atoms with van der Waals surface area (Å²) in [4.78, 5) is 20.7. The van der Waals surface area contributed by atoms with Crippen LogP contribution in [0.1, 0.15) is 6.92 Å². The third-order valence-corrected chi connectivity index (χ3v) is 1.18. The zero-order valence-corrected chi connectivity index (χ0v) is 7.53. The van der Waals surface area contributed by atoms with Gasteiger partial charge in [0.25, 0.3) is 0 Å². The number of hydrogen-bond donors (Lipinski definition) is 1. The minimum atomic E-state index is -0.910. The smallest absolute Gasteiger partial charge is 0.359 e. The zero-order valence-electron chi connectivity index (χ0n) is 7.53. The molecule has 5 heteroatoms. The number of quaternary nitrogens is 1. The van der Waals surface area contributed by atoms with Crippen LogP contribution >= 0.6 is 0 Å². The van der Waals surface area contributed by atoms with E-state index < -0.39 is 11.9 Å². The third-order valence-electron chi connectivity index (χ3n) is 1.18. The third kappa shape index (κ3) is 5.67. The molecule has 0 saturated carbocycles. The molecule has 1 N–H and O–H groups in total. The molecule has 0 unspecified atom stereocenters. The lowest BCUT2D eigenvalue weighted by Crippen LogP contribution is -2.45. The van der Waals surface area contributed by atoms with Crippen molar-refractivity contribution in [2.75, 3.05) is 27.4 Å². The molecule has 0 aromatic rings. The lowest BCUT2D eigenvalue weighted by atomic mass is 10.5. The number of ether oxygens (including phenoxy) is 1. The Morgan fingerprint density at radius 2 is 1.92 bits per heavy atom. The van der Waals surface area contributed by atoms with Crippen LogP contribution in [-0.2, 0) is 14.3 Å². The Hall–Kier alpha value is -1.10. The highest BCUT2D eigenvalue weighted by Gasteiger charge is 2.20. The largest absolute Gasteiger partial charge is 0.477 e. The molecule has 0 aromatic heterocycles. The fourth-order valence-corrected chi connectivity index (χ4v) is 0.677. The van der Waals surface area contributed by atoms with Crippen LogP contribution < -0.4 is 0 Å². The Morgan fingerprint density at radius 1 is 1.42 bits per heavy atom. The van der Waals surface area contributed by atoms with Crippen molar-refractivity contribution in [3.8, 4) is 0 Å². The van der Waals surface area contributed by atoms with Crippen molar-refractivity contribution < 1.29 is 23.9 Å². The maximum Gasteiger partial charge on any atom is 0.359 e. The van der Waals surface area contributed by atoms with Crippen LogP contribution in [0.15, 0.2) is 0 Å². The summed E-state index contributed by atoms with van der Waals surface area (Å²) >= 11 is 0. The minimum absolute atomic E-state index is 0.0622. The summed E-state index contributed by atoms with van der Waals surface area (Å²) in [6.07, 6.45) is 0. The first-order valence-electron chi connectivity index (χ1n) is 3.51. The highest BCUT2D eigenvalue weighted by molar-refractivity contribution is 5.68. The van der Waals surface area contributed by atoms with E-state index >= 15 is 0 Å². The molecule has 0 rings (SSSR count). The molecule has 0 aromatic carbocycles. The van der Waals surface area contributed by atoms with E-state index in [1.165, 1.54) is 6.92 Å². The second-order valence-corrected chi connectivity index (χ2v) is 3.25. The van der Waals surface area contributed by atoms with Gasteiger partial charge in [0, 0.05) is 6.92 Å². The Kier molecular flexibility index (Phi) is 3.69. The Morgan fingerprint density at radius 3 is 2.25 bits per heavy atom. The summed E-state index contributed by atoms with van der Waals surface area (Å²) in [6, 6.07) is 0. The number of carbonyl (C=O) groups is 2. The van der Waals surface area contributed by atoms with Crippen LogP contribution in [0.4, 0.5) is 0 Å². The van der Waals surface area contributed by atoms with Gasteiger partial charge in [0.05, 0.1) is 14.1 Å². The van der Waals surface area contributed by atoms with Gasteiger partial charge in [-0.05, 0) is 0 Å². The van der Waals surface area contributed by atoms with Gasteiger partial charge in [-0.15, -0.1) is 0 Å². The highest BCUT2D eigenvalue weighted by Crippen LogP contribution is 1.96. The van der Waals surface area contributed by atoms with Crippen molar-refractivity contribution in [1.82, 2.24) is 0 Å². The predicted molar refractivity (Wildman–Crippen MR) is 41.2 cm³/mol. The summed E-state index contributed by atoms with van der Waals surface area (Å²) in [6.45, 7) is 1.32. The molecule has 0 aliphatic heterocycles. The summed E-state index contributed by atoms with van der Waals surface area (Å²) in [5, 5.41) is 8.46. The van der Waals surface area contributed by atoms with Gasteiger partial charge in [-0.3, -0.25) is 9.28 Å². The van der Waals surface area contributed by atoms with E-state index in [-0.39, 0.29) is 17.8 Å². The summed E-state index contributed by atoms with van der Waals surface area (Å²) in [7, 11) is 3.36. The number of aliphatic carboxylic acids is 1. The van der Waals surface area contributed by atoms with Crippen molar-refractivity contribution in [3.63, 3.8) is 0 Å². The first-order valence-corrected chi connectivity index (χ1v) is 3.51. The van der Waals surface area contributed by atoms with Crippen molar-refractivity contribution in [3.05, 3.63) is 0 Å². The molecule has 0 fully saturated rings. The monoisotopic (exact) mass is 176 g/mol. The van der Waals surface area contributed by atoms with Crippen LogP contribution in [0.25, 0.3) is 0 Å². The molecule has 70 valence electrons. The van der Waals surface area contributed by atoms with Crippen LogP contribution in [0.3, 0.4) is 0 Å². The molecule has 0 amide bonds. The van der Waals surface area contributed by atoms with E-state index in [0.717, 1.165) is 0 Å². The van der Waals surface area contributed by atoms with Gasteiger partial charge in [0.2, 0.25) is 6.73 Å². The normalized spacial score (nSPS) is 10.9. The summed E-state index contributed by atoms with van der Waals surface area (Å²) < 4.78 is 4.81.